The molecule has 0 unspecified atom stereocenters. The average Bonchev–Trinajstić information content (AvgIpc) is 3.55. The van der Waals surface area contributed by atoms with E-state index in [1.165, 1.54) is 11.8 Å². The molecule has 2 aliphatic heterocycles. The summed E-state index contributed by atoms with van der Waals surface area (Å²) >= 11 is 14.2. The monoisotopic (exact) mass is 566 g/mol. The number of hydrogen-bond acceptors (Lipinski definition) is 7. The molecular formula is C28H26N2O3S4. The van der Waals surface area contributed by atoms with Crippen LogP contribution in [0.4, 0.5) is 0 Å². The molecule has 0 spiro atoms. The first-order chi connectivity index (χ1) is 18.1. The Labute approximate surface area is 236 Å². The van der Waals surface area contributed by atoms with Crippen LogP contribution < -0.4 is 9.47 Å². The Kier molecular flexibility index (Phi) is 8.66. The SMILES string of the molecule is O=C(c1ccc(CN2CCSC2=S)c(OCc2ccccc2)c1OCc1ccccc1)N1CCSC1=S. The molecule has 0 saturated carbocycles. The Bertz CT molecular complexity index is 1290. The fourth-order valence-corrected chi connectivity index (χ4v) is 6.59. The van der Waals surface area contributed by atoms with E-state index in [2.05, 4.69) is 4.90 Å². The van der Waals surface area contributed by atoms with Gasteiger partial charge in [0.2, 0.25) is 0 Å². The Morgan fingerprint density at radius 3 is 1.92 bits per heavy atom. The molecule has 5 nitrogen and oxygen atoms in total. The van der Waals surface area contributed by atoms with E-state index in [0.717, 1.165) is 39.1 Å². The van der Waals surface area contributed by atoms with Gasteiger partial charge >= 0.3 is 0 Å². The number of nitrogens with zero attached hydrogens (tertiary/aromatic N) is 2. The van der Waals surface area contributed by atoms with Gasteiger partial charge in [0.1, 0.15) is 21.9 Å². The molecule has 0 radical (unpaired) electrons. The fourth-order valence-electron chi connectivity index (χ4n) is 4.16. The molecular weight excluding hydrogens is 541 g/mol. The Hall–Kier alpha value is -2.59. The zero-order chi connectivity index (χ0) is 25.6. The second-order valence-electron chi connectivity index (χ2n) is 8.59. The molecule has 190 valence electrons. The van der Waals surface area contributed by atoms with Crippen LogP contribution in [0.5, 0.6) is 11.5 Å². The third kappa shape index (κ3) is 6.29. The molecule has 0 N–H and O–H groups in total. The summed E-state index contributed by atoms with van der Waals surface area (Å²) in [4.78, 5) is 17.5. The molecule has 2 heterocycles. The molecule has 2 saturated heterocycles. The summed E-state index contributed by atoms with van der Waals surface area (Å²) in [5, 5.41) is 0. The van der Waals surface area contributed by atoms with Crippen LogP contribution in [0.2, 0.25) is 0 Å². The zero-order valence-corrected chi connectivity index (χ0v) is 23.4. The second kappa shape index (κ2) is 12.3. The topological polar surface area (TPSA) is 42.0 Å². The number of thioether (sulfide) groups is 2. The van der Waals surface area contributed by atoms with E-state index < -0.39 is 0 Å². The van der Waals surface area contributed by atoms with Gasteiger partial charge in [-0.3, -0.25) is 9.69 Å². The molecule has 0 aromatic heterocycles. The normalized spacial score (nSPS) is 15.4. The maximum absolute atomic E-state index is 13.7. The lowest BCUT2D eigenvalue weighted by molar-refractivity contribution is 0.0855. The lowest BCUT2D eigenvalue weighted by Crippen LogP contribution is -2.31. The van der Waals surface area contributed by atoms with Crippen molar-refractivity contribution in [3.8, 4) is 11.5 Å². The summed E-state index contributed by atoms with van der Waals surface area (Å²) in [7, 11) is 0. The van der Waals surface area contributed by atoms with Gasteiger partial charge in [0.05, 0.1) is 5.56 Å². The molecule has 0 bridgehead atoms. The Morgan fingerprint density at radius 2 is 1.35 bits per heavy atom. The van der Waals surface area contributed by atoms with Crippen LogP contribution in [-0.2, 0) is 19.8 Å². The highest BCUT2D eigenvalue weighted by molar-refractivity contribution is 8.23. The van der Waals surface area contributed by atoms with Gasteiger partial charge < -0.3 is 14.4 Å². The highest BCUT2D eigenvalue weighted by atomic mass is 32.2. The highest BCUT2D eigenvalue weighted by Gasteiger charge is 2.30. The van der Waals surface area contributed by atoms with Gasteiger partial charge in [-0.1, -0.05) is 115 Å². The summed E-state index contributed by atoms with van der Waals surface area (Å²) in [5.74, 6) is 2.62. The number of benzene rings is 3. The van der Waals surface area contributed by atoms with Gasteiger partial charge in [-0.2, -0.15) is 0 Å². The van der Waals surface area contributed by atoms with E-state index in [-0.39, 0.29) is 5.91 Å². The van der Waals surface area contributed by atoms with Crippen LogP contribution in [-0.4, -0.2) is 48.9 Å². The van der Waals surface area contributed by atoms with Gasteiger partial charge in [0.15, 0.2) is 11.5 Å². The first kappa shape index (κ1) is 26.0. The van der Waals surface area contributed by atoms with E-state index in [0.29, 0.717) is 47.7 Å². The van der Waals surface area contributed by atoms with Crippen LogP contribution in [0.25, 0.3) is 0 Å². The molecule has 2 aliphatic rings. The van der Waals surface area contributed by atoms with E-state index in [4.69, 9.17) is 33.9 Å². The van der Waals surface area contributed by atoms with Crippen LogP contribution >= 0.6 is 48.0 Å². The van der Waals surface area contributed by atoms with Crippen molar-refractivity contribution in [1.29, 1.82) is 0 Å². The lowest BCUT2D eigenvalue weighted by Gasteiger charge is -2.24. The van der Waals surface area contributed by atoms with Crippen molar-refractivity contribution in [2.45, 2.75) is 19.8 Å². The summed E-state index contributed by atoms with van der Waals surface area (Å²) in [6.07, 6.45) is 0. The Morgan fingerprint density at radius 1 is 0.757 bits per heavy atom. The van der Waals surface area contributed by atoms with Crippen molar-refractivity contribution in [2.75, 3.05) is 24.6 Å². The number of carbonyl (C=O) groups excluding carboxylic acids is 1. The fraction of sp³-hybridized carbons (Fsp3) is 0.250. The molecule has 0 atom stereocenters. The van der Waals surface area contributed by atoms with E-state index >= 15 is 0 Å². The maximum Gasteiger partial charge on any atom is 0.263 e. The summed E-state index contributed by atoms with van der Waals surface area (Å²) in [6.45, 7) is 2.71. The number of ether oxygens (including phenoxy) is 2. The summed E-state index contributed by atoms with van der Waals surface area (Å²) in [6, 6.07) is 23.7. The Balaban J connectivity index is 1.54. The number of amides is 1. The van der Waals surface area contributed by atoms with Gasteiger partial charge in [0.25, 0.3) is 5.91 Å². The standard InChI is InChI=1S/C28H26N2O3S4/c31-26(30-14-16-37-28(30)35)23-12-11-22(17-29-13-15-36-27(29)34)24(32-18-20-7-3-1-4-8-20)25(23)33-19-21-9-5-2-6-10-21/h1-12H,13-19H2. The third-order valence-electron chi connectivity index (χ3n) is 6.09. The van der Waals surface area contributed by atoms with Crippen LogP contribution in [0.3, 0.4) is 0 Å². The van der Waals surface area contributed by atoms with Gasteiger partial charge in [-0.05, 0) is 17.2 Å². The van der Waals surface area contributed by atoms with Crippen molar-refractivity contribution in [3.63, 3.8) is 0 Å². The lowest BCUT2D eigenvalue weighted by atomic mass is 10.1. The minimum absolute atomic E-state index is 0.165. The first-order valence-electron chi connectivity index (χ1n) is 12.0. The second-order valence-corrected chi connectivity index (χ2v) is 12.0. The summed E-state index contributed by atoms with van der Waals surface area (Å²) < 4.78 is 14.3. The highest BCUT2D eigenvalue weighted by Crippen LogP contribution is 2.39. The molecule has 3 aromatic rings. The quantitative estimate of drug-likeness (QED) is 0.286. The van der Waals surface area contributed by atoms with Crippen molar-refractivity contribution in [3.05, 3.63) is 95.1 Å². The zero-order valence-electron chi connectivity index (χ0n) is 20.1. The number of rotatable bonds is 9. The largest absolute Gasteiger partial charge is 0.485 e. The predicted molar refractivity (Wildman–Crippen MR) is 160 cm³/mol. The van der Waals surface area contributed by atoms with E-state index in [1.54, 1.807) is 16.7 Å². The molecule has 1 amide bonds. The van der Waals surface area contributed by atoms with Crippen LogP contribution in [0.1, 0.15) is 27.0 Å². The van der Waals surface area contributed by atoms with E-state index in [1.807, 2.05) is 72.8 Å². The molecule has 9 heteroatoms. The molecule has 0 aliphatic carbocycles. The first-order valence-corrected chi connectivity index (χ1v) is 14.8. The molecule has 5 rings (SSSR count). The molecule has 2 fully saturated rings. The van der Waals surface area contributed by atoms with Crippen molar-refractivity contribution >= 4 is 62.5 Å². The van der Waals surface area contributed by atoms with Crippen LogP contribution in [0, 0.1) is 0 Å². The van der Waals surface area contributed by atoms with Crippen molar-refractivity contribution in [2.24, 2.45) is 0 Å². The smallest absolute Gasteiger partial charge is 0.263 e. The van der Waals surface area contributed by atoms with Gasteiger partial charge in [-0.25, -0.2) is 0 Å². The number of carbonyl (C=O) groups is 1. The maximum atomic E-state index is 13.7. The van der Waals surface area contributed by atoms with Crippen molar-refractivity contribution < 1.29 is 14.3 Å². The van der Waals surface area contributed by atoms with Crippen LogP contribution in [0.15, 0.2) is 72.8 Å². The number of thiocarbonyl (C=S) groups is 2. The van der Waals surface area contributed by atoms with Gasteiger partial charge in [0, 0.05) is 36.7 Å². The van der Waals surface area contributed by atoms with Crippen molar-refractivity contribution in [1.82, 2.24) is 9.80 Å². The third-order valence-corrected chi connectivity index (χ3v) is 9.02. The number of hydrogen-bond donors (Lipinski definition) is 0. The van der Waals surface area contributed by atoms with Gasteiger partial charge in [-0.15, -0.1) is 0 Å². The molecule has 3 aromatic carbocycles. The average molecular weight is 567 g/mol. The molecule has 37 heavy (non-hydrogen) atoms. The minimum Gasteiger partial charge on any atom is -0.485 e. The summed E-state index contributed by atoms with van der Waals surface area (Å²) in [5.41, 5.74) is 3.41. The predicted octanol–water partition coefficient (Wildman–Crippen LogP) is 6.15. The van der Waals surface area contributed by atoms with E-state index in [9.17, 15) is 4.79 Å². The minimum atomic E-state index is -0.165.